The van der Waals surface area contributed by atoms with Crippen LogP contribution in [0.3, 0.4) is 0 Å². The molecule has 1 aliphatic heterocycles. The Hall–Kier alpha value is -2.10. The number of aromatic nitrogens is 2. The first-order valence-electron chi connectivity index (χ1n) is 10.8. The molecule has 1 unspecified atom stereocenters. The van der Waals surface area contributed by atoms with Crippen LogP contribution in [-0.4, -0.2) is 67.1 Å². The van der Waals surface area contributed by atoms with Crippen LogP contribution in [0.2, 0.25) is 0 Å². The Morgan fingerprint density at radius 1 is 1.09 bits per heavy atom. The third-order valence-corrected chi connectivity index (χ3v) is 7.25. The van der Waals surface area contributed by atoms with Gasteiger partial charge in [0.15, 0.2) is 0 Å². The van der Waals surface area contributed by atoms with Crippen molar-refractivity contribution < 1.29 is 8.42 Å². The van der Waals surface area contributed by atoms with Crippen LogP contribution in [-0.2, 0) is 23.0 Å². The molecule has 1 N–H and O–H groups in total. The van der Waals surface area contributed by atoms with Crippen LogP contribution in [0.5, 0.6) is 0 Å². The molecule has 1 aromatic heterocycles. The van der Waals surface area contributed by atoms with E-state index in [1.807, 2.05) is 42.6 Å². The predicted molar refractivity (Wildman–Crippen MR) is 142 cm³/mol. The summed E-state index contributed by atoms with van der Waals surface area (Å²) >= 11 is 0. The zero-order chi connectivity index (χ0) is 22.7. The van der Waals surface area contributed by atoms with Crippen molar-refractivity contribution in [2.45, 2.75) is 25.0 Å². The van der Waals surface area contributed by atoms with Crippen molar-refractivity contribution in [2.24, 2.45) is 0 Å². The highest BCUT2D eigenvalue weighted by Crippen LogP contribution is 2.35. The summed E-state index contributed by atoms with van der Waals surface area (Å²) in [6, 6.07) is 18.1. The molecule has 2 heterocycles. The summed E-state index contributed by atoms with van der Waals surface area (Å²) < 4.78 is 27.5. The van der Waals surface area contributed by atoms with Crippen molar-refractivity contribution >= 4 is 40.5 Å². The number of para-hydroxylation sites is 1. The summed E-state index contributed by atoms with van der Waals surface area (Å²) in [6.07, 6.45) is 5.53. The molecule has 4 rings (SSSR count). The van der Waals surface area contributed by atoms with E-state index < -0.39 is 10.0 Å². The van der Waals surface area contributed by atoms with Crippen LogP contribution in [0.1, 0.15) is 22.9 Å². The van der Waals surface area contributed by atoms with Crippen molar-refractivity contribution in [3.8, 4) is 0 Å². The first-order chi connectivity index (χ1) is 15.3. The normalized spacial score (nSPS) is 17.3. The fourth-order valence-corrected chi connectivity index (χ4v) is 5.59. The lowest BCUT2D eigenvalue weighted by Crippen LogP contribution is -2.47. The lowest BCUT2D eigenvalue weighted by molar-refractivity contribution is 0.305. The molecule has 2 atom stereocenters. The van der Waals surface area contributed by atoms with Gasteiger partial charge in [0.05, 0.1) is 30.5 Å². The van der Waals surface area contributed by atoms with Crippen molar-refractivity contribution in [2.75, 3.05) is 38.3 Å². The minimum atomic E-state index is -3.41. The minimum Gasteiger partial charge on any atom is -0.360 e. The molecule has 0 saturated heterocycles. The number of rotatable bonds is 7. The van der Waals surface area contributed by atoms with Gasteiger partial charge in [0, 0.05) is 31.4 Å². The number of imidazole rings is 1. The van der Waals surface area contributed by atoms with Crippen LogP contribution < -0.4 is 4.90 Å². The van der Waals surface area contributed by atoms with Gasteiger partial charge in [0.1, 0.15) is 0 Å². The number of likely N-dealkylation sites (N-methyl/N-ethyl adjacent to an activating group) is 1. The molecule has 0 spiro atoms. The molecule has 34 heavy (non-hydrogen) atoms. The third-order valence-electron chi connectivity index (χ3n) is 5.97. The Labute approximate surface area is 215 Å². The van der Waals surface area contributed by atoms with E-state index in [2.05, 4.69) is 52.1 Å². The molecule has 1 aliphatic rings. The molecule has 10 heteroatoms. The van der Waals surface area contributed by atoms with E-state index in [1.165, 1.54) is 6.26 Å². The maximum Gasteiger partial charge on any atom is 0.211 e. The zero-order valence-electron chi connectivity index (χ0n) is 19.7. The number of hydrogen-bond donors (Lipinski definition) is 1. The van der Waals surface area contributed by atoms with E-state index in [4.69, 9.17) is 0 Å². The largest absolute Gasteiger partial charge is 0.360 e. The maximum atomic E-state index is 12.9. The quantitative estimate of drug-likeness (QED) is 0.508. The number of sulfonamides is 1. The number of anilines is 1. The first kappa shape index (κ1) is 28.1. The van der Waals surface area contributed by atoms with Gasteiger partial charge in [-0.2, -0.15) is 4.31 Å². The molecule has 0 bridgehead atoms. The fourth-order valence-electron chi connectivity index (χ4n) is 4.53. The lowest BCUT2D eigenvalue weighted by Gasteiger charge is -2.37. The molecule has 7 nitrogen and oxygen atoms in total. The van der Waals surface area contributed by atoms with E-state index in [-0.39, 0.29) is 36.9 Å². The molecule has 3 aromatic rings. The van der Waals surface area contributed by atoms with E-state index in [1.54, 1.807) is 10.6 Å². The second kappa shape index (κ2) is 12.0. The Morgan fingerprint density at radius 2 is 1.76 bits per heavy atom. The van der Waals surface area contributed by atoms with Crippen LogP contribution >= 0.6 is 24.8 Å². The number of aromatic amines is 1. The highest BCUT2D eigenvalue weighted by atomic mass is 35.5. The smallest absolute Gasteiger partial charge is 0.211 e. The fraction of sp³-hybridized carbons (Fsp3) is 0.375. The molecule has 0 radical (unpaired) electrons. The standard InChI is InChI=1S/C24H31N5O2S.2ClH/c1-27(2)17-24(22-14-25-18-26-22)28-16-21(13-19-9-5-4-6-10-19)29(32(3,30)31)15-20-11-7-8-12-23(20)28;;/h4-12,14,18,21,24H,13,15-17H2,1-3H3,(H,25,26);2*1H/t21-,24?;;/m1../s1. The van der Waals surface area contributed by atoms with Crippen molar-refractivity contribution in [3.05, 3.63) is 83.9 Å². The monoisotopic (exact) mass is 525 g/mol. The number of halogens is 2. The third kappa shape index (κ3) is 6.52. The van der Waals surface area contributed by atoms with Gasteiger partial charge in [0.2, 0.25) is 10.0 Å². The van der Waals surface area contributed by atoms with Crippen LogP contribution in [0.25, 0.3) is 0 Å². The summed E-state index contributed by atoms with van der Waals surface area (Å²) in [5, 5.41) is 0. The molecule has 0 fully saturated rings. The summed E-state index contributed by atoms with van der Waals surface area (Å²) in [4.78, 5) is 12.0. The van der Waals surface area contributed by atoms with Crippen LogP contribution in [0.15, 0.2) is 67.1 Å². The highest BCUT2D eigenvalue weighted by molar-refractivity contribution is 7.88. The van der Waals surface area contributed by atoms with Crippen LogP contribution in [0.4, 0.5) is 5.69 Å². The minimum absolute atomic E-state index is 0. The Balaban J connectivity index is 0.00000204. The van der Waals surface area contributed by atoms with Gasteiger partial charge in [-0.1, -0.05) is 48.5 Å². The average Bonchev–Trinajstić information content (AvgIpc) is 3.23. The topological polar surface area (TPSA) is 72.5 Å². The average molecular weight is 527 g/mol. The zero-order valence-corrected chi connectivity index (χ0v) is 22.1. The van der Waals surface area contributed by atoms with Crippen molar-refractivity contribution in [1.82, 2.24) is 19.2 Å². The predicted octanol–water partition coefficient (Wildman–Crippen LogP) is 3.75. The first-order valence-corrected chi connectivity index (χ1v) is 12.7. The van der Waals surface area contributed by atoms with Crippen molar-refractivity contribution in [3.63, 3.8) is 0 Å². The van der Waals surface area contributed by atoms with E-state index in [0.717, 1.165) is 29.1 Å². The van der Waals surface area contributed by atoms with E-state index in [9.17, 15) is 8.42 Å². The number of fused-ring (bicyclic) bond motifs is 1. The summed E-state index contributed by atoms with van der Waals surface area (Å²) in [5.74, 6) is 0. The van der Waals surface area contributed by atoms with Gasteiger partial charge < -0.3 is 14.8 Å². The number of nitrogens with one attached hydrogen (secondary N) is 1. The van der Waals surface area contributed by atoms with Gasteiger partial charge in [-0.05, 0) is 37.7 Å². The van der Waals surface area contributed by atoms with E-state index >= 15 is 0 Å². The SMILES string of the molecule is CN(C)CC(c1cnc[nH]1)N1C[C@@H](Cc2ccccc2)N(S(C)(=O)=O)Cc2ccccc21.Cl.Cl. The Morgan fingerprint density at radius 3 is 2.38 bits per heavy atom. The van der Waals surface area contributed by atoms with Gasteiger partial charge in [-0.25, -0.2) is 13.4 Å². The second-order valence-corrected chi connectivity index (χ2v) is 10.7. The number of nitrogens with zero attached hydrogens (tertiary/aromatic N) is 4. The Kier molecular flexibility index (Phi) is 9.96. The second-order valence-electron chi connectivity index (χ2n) is 8.72. The molecule has 0 saturated carbocycles. The molecule has 0 amide bonds. The van der Waals surface area contributed by atoms with Gasteiger partial charge >= 0.3 is 0 Å². The Bertz CT molecular complexity index is 1130. The molecule has 0 aliphatic carbocycles. The maximum absolute atomic E-state index is 12.9. The summed E-state index contributed by atoms with van der Waals surface area (Å²) in [6.45, 7) is 1.71. The molecular formula is C24H33Cl2N5O2S. The summed E-state index contributed by atoms with van der Waals surface area (Å²) in [5.41, 5.74) is 4.22. The molecule has 186 valence electrons. The van der Waals surface area contributed by atoms with Crippen LogP contribution in [0, 0.1) is 0 Å². The number of hydrogen-bond acceptors (Lipinski definition) is 5. The van der Waals surface area contributed by atoms with Gasteiger partial charge in [-0.3, -0.25) is 0 Å². The highest BCUT2D eigenvalue weighted by Gasteiger charge is 2.36. The lowest BCUT2D eigenvalue weighted by atomic mass is 10.0. The van der Waals surface area contributed by atoms with E-state index in [0.29, 0.717) is 19.5 Å². The summed E-state index contributed by atoms with van der Waals surface area (Å²) in [7, 11) is 0.695. The number of benzene rings is 2. The molecular weight excluding hydrogens is 493 g/mol. The van der Waals surface area contributed by atoms with Gasteiger partial charge in [0.25, 0.3) is 0 Å². The van der Waals surface area contributed by atoms with Crippen molar-refractivity contribution in [1.29, 1.82) is 0 Å². The molecule has 2 aromatic carbocycles. The number of H-pyrrole nitrogens is 1. The van der Waals surface area contributed by atoms with Gasteiger partial charge in [-0.15, -0.1) is 24.8 Å².